The summed E-state index contributed by atoms with van der Waals surface area (Å²) in [6.45, 7) is 1.64. The van der Waals surface area contributed by atoms with E-state index in [2.05, 4.69) is 5.32 Å². The van der Waals surface area contributed by atoms with Crippen LogP contribution in [0.15, 0.2) is 97.1 Å². The van der Waals surface area contributed by atoms with Crippen LogP contribution in [0.4, 0.5) is 5.69 Å². The molecule has 4 aromatic rings. The second-order valence-corrected chi connectivity index (χ2v) is 8.85. The predicted molar refractivity (Wildman–Crippen MR) is 155 cm³/mol. The second-order valence-electron chi connectivity index (χ2n) is 8.85. The van der Waals surface area contributed by atoms with Crippen molar-refractivity contribution in [3.8, 4) is 16.9 Å². The maximum atomic E-state index is 13.4. The summed E-state index contributed by atoms with van der Waals surface area (Å²) < 4.78 is 16.1. The Morgan fingerprint density at radius 2 is 1.49 bits per heavy atom. The zero-order valence-electron chi connectivity index (χ0n) is 22.4. The summed E-state index contributed by atoms with van der Waals surface area (Å²) in [5, 5.41) is 10.4. The first-order chi connectivity index (χ1) is 19.9. The largest absolute Gasteiger partial charge is 0.482 e. The first-order valence-electron chi connectivity index (χ1n) is 12.8. The highest BCUT2D eigenvalue weighted by atomic mass is 16.6. The van der Waals surface area contributed by atoms with Crippen molar-refractivity contribution in [1.82, 2.24) is 0 Å². The molecule has 0 bridgehead atoms. The Labute approximate surface area is 237 Å². The number of ether oxygens (including phenoxy) is 3. The summed E-state index contributed by atoms with van der Waals surface area (Å²) in [5.41, 5.74) is 8.80. The van der Waals surface area contributed by atoms with E-state index in [0.717, 1.165) is 5.56 Å². The predicted octanol–water partition coefficient (Wildman–Crippen LogP) is 5.19. The Bertz CT molecular complexity index is 1550. The number of hydrogen-bond donors (Lipinski definition) is 3. The van der Waals surface area contributed by atoms with Crippen LogP contribution in [0, 0.1) is 5.41 Å². The number of benzene rings is 4. The van der Waals surface area contributed by atoms with Crippen molar-refractivity contribution in [3.63, 3.8) is 0 Å². The van der Waals surface area contributed by atoms with Crippen molar-refractivity contribution in [2.45, 2.75) is 13.5 Å². The Morgan fingerprint density at radius 1 is 0.805 bits per heavy atom. The van der Waals surface area contributed by atoms with E-state index in [1.165, 1.54) is 6.07 Å². The Balaban J connectivity index is 1.65. The van der Waals surface area contributed by atoms with Gasteiger partial charge in [0.25, 0.3) is 5.91 Å². The highest BCUT2D eigenvalue weighted by molar-refractivity contribution is 6.10. The molecular formula is C32H29N3O6. The highest BCUT2D eigenvalue weighted by Crippen LogP contribution is 2.31. The standard InChI is InChI=1S/C32H29N3O6/c1-2-39-29(36)20-40-24-16-17-26(28(18-24)32(38)41-19-21-8-4-3-5-9-21)25-10-6-7-11-27(25)31(37)35-23-14-12-22(13-15-23)30(33)34/h3-18H,2,19-20H2,1H3,(H3,33,34)(H,35,37). The van der Waals surface area contributed by atoms with Gasteiger partial charge in [-0.25, -0.2) is 9.59 Å². The molecule has 0 fully saturated rings. The number of amides is 1. The third-order valence-electron chi connectivity index (χ3n) is 6.00. The van der Waals surface area contributed by atoms with Gasteiger partial charge in [-0.1, -0.05) is 48.5 Å². The van der Waals surface area contributed by atoms with E-state index in [1.54, 1.807) is 67.6 Å². The molecule has 0 radical (unpaired) electrons. The van der Waals surface area contributed by atoms with Crippen LogP contribution in [0.25, 0.3) is 11.1 Å². The molecule has 4 N–H and O–H groups in total. The number of esters is 2. The molecule has 0 aliphatic heterocycles. The fourth-order valence-corrected chi connectivity index (χ4v) is 4.01. The van der Waals surface area contributed by atoms with Crippen molar-refractivity contribution in [1.29, 1.82) is 5.41 Å². The third kappa shape index (κ3) is 7.57. The number of carbonyl (C=O) groups is 3. The number of carbonyl (C=O) groups excluding carboxylic acids is 3. The first-order valence-corrected chi connectivity index (χ1v) is 12.8. The number of hydrogen-bond acceptors (Lipinski definition) is 7. The Hall–Kier alpha value is -5.44. The molecule has 4 aromatic carbocycles. The van der Waals surface area contributed by atoms with Crippen molar-refractivity contribution in [2.75, 3.05) is 18.5 Å². The number of rotatable bonds is 11. The average Bonchev–Trinajstić information content (AvgIpc) is 2.99. The lowest BCUT2D eigenvalue weighted by molar-refractivity contribution is -0.145. The molecule has 0 unspecified atom stereocenters. The molecule has 9 heteroatoms. The highest BCUT2D eigenvalue weighted by Gasteiger charge is 2.21. The minimum atomic E-state index is -0.625. The molecule has 0 aliphatic rings. The molecule has 0 saturated heterocycles. The lowest BCUT2D eigenvalue weighted by Crippen LogP contribution is -2.16. The molecule has 9 nitrogen and oxygen atoms in total. The fourth-order valence-electron chi connectivity index (χ4n) is 4.01. The van der Waals surface area contributed by atoms with Crippen LogP contribution in [0.3, 0.4) is 0 Å². The van der Waals surface area contributed by atoms with Crippen LogP contribution in [-0.2, 0) is 20.9 Å². The summed E-state index contributed by atoms with van der Waals surface area (Å²) in [7, 11) is 0. The van der Waals surface area contributed by atoms with Crippen molar-refractivity contribution in [3.05, 3.63) is 119 Å². The SMILES string of the molecule is CCOC(=O)COc1ccc(-c2ccccc2C(=O)Nc2ccc(C(=N)N)cc2)c(C(=O)OCc2ccccc2)c1. The van der Waals surface area contributed by atoms with Gasteiger partial charge in [0.1, 0.15) is 18.2 Å². The van der Waals surface area contributed by atoms with Crippen LogP contribution in [0.1, 0.15) is 38.8 Å². The molecule has 1 amide bonds. The van der Waals surface area contributed by atoms with Crippen molar-refractivity contribution < 1.29 is 28.6 Å². The fraction of sp³-hybridized carbons (Fsp3) is 0.125. The smallest absolute Gasteiger partial charge is 0.344 e. The summed E-state index contributed by atoms with van der Waals surface area (Å²) in [5.74, 6) is -1.37. The first kappa shape index (κ1) is 28.6. The van der Waals surface area contributed by atoms with Gasteiger partial charge in [-0.15, -0.1) is 0 Å². The van der Waals surface area contributed by atoms with E-state index in [1.807, 2.05) is 30.3 Å². The maximum Gasteiger partial charge on any atom is 0.344 e. The van der Waals surface area contributed by atoms with Gasteiger partial charge in [0, 0.05) is 16.8 Å². The summed E-state index contributed by atoms with van der Waals surface area (Å²) in [4.78, 5) is 38.5. The van der Waals surface area contributed by atoms with Crippen LogP contribution in [-0.4, -0.2) is 36.9 Å². The molecule has 41 heavy (non-hydrogen) atoms. The number of nitrogen functional groups attached to an aromatic ring is 1. The maximum absolute atomic E-state index is 13.4. The number of anilines is 1. The van der Waals surface area contributed by atoms with Gasteiger partial charge in [0.2, 0.25) is 0 Å². The Kier molecular flexibility index (Phi) is 9.45. The van der Waals surface area contributed by atoms with E-state index >= 15 is 0 Å². The van der Waals surface area contributed by atoms with Gasteiger partial charge < -0.3 is 25.3 Å². The van der Waals surface area contributed by atoms with Gasteiger partial charge in [0.15, 0.2) is 6.61 Å². The van der Waals surface area contributed by atoms with Gasteiger partial charge in [-0.2, -0.15) is 0 Å². The number of nitrogens with two attached hydrogens (primary N) is 1. The van der Waals surface area contributed by atoms with E-state index in [9.17, 15) is 14.4 Å². The van der Waals surface area contributed by atoms with Crippen LogP contribution in [0.2, 0.25) is 0 Å². The minimum absolute atomic E-state index is 0.0470. The monoisotopic (exact) mass is 551 g/mol. The van der Waals surface area contributed by atoms with Gasteiger partial charge in [0.05, 0.1) is 12.2 Å². The summed E-state index contributed by atoms with van der Waals surface area (Å²) in [6.07, 6.45) is 0. The summed E-state index contributed by atoms with van der Waals surface area (Å²) >= 11 is 0. The van der Waals surface area contributed by atoms with E-state index < -0.39 is 17.8 Å². The minimum Gasteiger partial charge on any atom is -0.482 e. The van der Waals surface area contributed by atoms with E-state index in [0.29, 0.717) is 27.9 Å². The zero-order valence-corrected chi connectivity index (χ0v) is 22.4. The normalized spacial score (nSPS) is 10.4. The lowest BCUT2D eigenvalue weighted by Gasteiger charge is -2.15. The van der Waals surface area contributed by atoms with Crippen LogP contribution >= 0.6 is 0 Å². The molecular weight excluding hydrogens is 522 g/mol. The molecule has 0 saturated carbocycles. The number of nitrogens with one attached hydrogen (secondary N) is 2. The van der Waals surface area contributed by atoms with Crippen molar-refractivity contribution >= 4 is 29.4 Å². The van der Waals surface area contributed by atoms with Gasteiger partial charge >= 0.3 is 11.9 Å². The molecule has 0 spiro atoms. The second kappa shape index (κ2) is 13.6. The average molecular weight is 552 g/mol. The molecule has 4 rings (SSSR count). The molecule has 0 aliphatic carbocycles. The zero-order chi connectivity index (χ0) is 29.2. The topological polar surface area (TPSA) is 141 Å². The van der Waals surface area contributed by atoms with Gasteiger partial charge in [-0.3, -0.25) is 10.2 Å². The molecule has 0 atom stereocenters. The van der Waals surface area contributed by atoms with Crippen molar-refractivity contribution in [2.24, 2.45) is 5.73 Å². The quantitative estimate of drug-likeness (QED) is 0.132. The van der Waals surface area contributed by atoms with Crippen LogP contribution < -0.4 is 15.8 Å². The van der Waals surface area contributed by atoms with Gasteiger partial charge in [-0.05, 0) is 72.1 Å². The molecule has 0 aromatic heterocycles. The Morgan fingerprint density at radius 3 is 2.20 bits per heavy atom. The summed E-state index contributed by atoms with van der Waals surface area (Å²) in [6, 6.07) is 27.4. The third-order valence-corrected chi connectivity index (χ3v) is 6.00. The lowest BCUT2D eigenvalue weighted by atomic mass is 9.94. The molecule has 208 valence electrons. The molecule has 0 heterocycles. The number of amidine groups is 1. The van der Waals surface area contributed by atoms with E-state index in [4.69, 9.17) is 25.4 Å². The van der Waals surface area contributed by atoms with E-state index in [-0.39, 0.29) is 37.0 Å². The van der Waals surface area contributed by atoms with Crippen LogP contribution in [0.5, 0.6) is 5.75 Å².